The second-order valence-corrected chi connectivity index (χ2v) is 4.71. The molecule has 1 aromatic carbocycles. The van der Waals surface area contributed by atoms with Crippen LogP contribution in [0, 0.1) is 16.0 Å². The van der Waals surface area contributed by atoms with Crippen LogP contribution in [0.3, 0.4) is 0 Å². The average Bonchev–Trinajstić information content (AvgIpc) is 2.86. The van der Waals surface area contributed by atoms with Crippen molar-refractivity contribution >= 4 is 23.3 Å². The van der Waals surface area contributed by atoms with Crippen molar-refractivity contribution in [2.24, 2.45) is 5.92 Å². The number of aliphatic hydroxyl groups is 1. The minimum absolute atomic E-state index is 0.0787. The predicted octanol–water partition coefficient (Wildman–Crippen LogP) is 0.727. The van der Waals surface area contributed by atoms with Crippen molar-refractivity contribution < 1.29 is 24.4 Å². The smallest absolute Gasteiger partial charge is 0.339 e. The van der Waals surface area contributed by atoms with Crippen LogP contribution in [0.25, 0.3) is 0 Å². The lowest BCUT2D eigenvalue weighted by molar-refractivity contribution is -0.384. The number of anilines is 1. The van der Waals surface area contributed by atoms with E-state index >= 15 is 0 Å². The Bertz CT molecular complexity index is 600. The Morgan fingerprint density at radius 1 is 1.57 bits per heavy atom. The van der Waals surface area contributed by atoms with E-state index in [9.17, 15) is 19.7 Å². The van der Waals surface area contributed by atoms with Crippen molar-refractivity contribution in [1.29, 1.82) is 0 Å². The highest BCUT2D eigenvalue weighted by Gasteiger charge is 2.33. The third kappa shape index (κ3) is 2.84. The Labute approximate surface area is 120 Å². The molecule has 0 spiro atoms. The zero-order valence-corrected chi connectivity index (χ0v) is 11.3. The molecule has 1 amide bonds. The molecule has 1 N–H and O–H groups in total. The molecule has 0 bridgehead atoms. The number of nitrogens with zero attached hydrogens (tertiary/aromatic N) is 2. The van der Waals surface area contributed by atoms with Crippen LogP contribution in [0.1, 0.15) is 16.8 Å². The molecule has 1 unspecified atom stereocenters. The molecule has 1 saturated heterocycles. The van der Waals surface area contributed by atoms with Crippen molar-refractivity contribution in [1.82, 2.24) is 0 Å². The van der Waals surface area contributed by atoms with Gasteiger partial charge in [0, 0.05) is 37.6 Å². The molecule has 21 heavy (non-hydrogen) atoms. The van der Waals surface area contributed by atoms with Gasteiger partial charge in [0.1, 0.15) is 0 Å². The molecular formula is C13H14N2O6. The summed E-state index contributed by atoms with van der Waals surface area (Å²) in [4.78, 5) is 35.3. The van der Waals surface area contributed by atoms with Crippen LogP contribution in [-0.4, -0.2) is 42.2 Å². The van der Waals surface area contributed by atoms with Gasteiger partial charge in [-0.25, -0.2) is 4.79 Å². The van der Waals surface area contributed by atoms with E-state index in [1.807, 2.05) is 0 Å². The van der Waals surface area contributed by atoms with E-state index in [-0.39, 0.29) is 48.3 Å². The lowest BCUT2D eigenvalue weighted by Gasteiger charge is -2.19. The Morgan fingerprint density at radius 3 is 2.81 bits per heavy atom. The molecule has 8 nitrogen and oxygen atoms in total. The van der Waals surface area contributed by atoms with Gasteiger partial charge >= 0.3 is 5.97 Å². The number of aliphatic hydroxyl groups excluding tert-OH is 1. The number of hydrogen-bond acceptors (Lipinski definition) is 6. The second-order valence-electron chi connectivity index (χ2n) is 4.71. The van der Waals surface area contributed by atoms with E-state index in [0.717, 1.165) is 0 Å². The highest BCUT2D eigenvalue weighted by atomic mass is 16.6. The SMILES string of the molecule is COC(=O)c1ccc([N+](=O)[O-])cc1N1CC(CO)CC1=O. The van der Waals surface area contributed by atoms with Crippen molar-refractivity contribution in [2.75, 3.05) is 25.2 Å². The van der Waals surface area contributed by atoms with E-state index in [1.165, 1.54) is 30.2 Å². The van der Waals surface area contributed by atoms with E-state index in [0.29, 0.717) is 0 Å². The quantitative estimate of drug-likeness (QED) is 0.498. The Hall–Kier alpha value is -2.48. The number of ether oxygens (including phenoxy) is 1. The molecule has 2 rings (SSSR count). The molecule has 0 radical (unpaired) electrons. The molecule has 8 heteroatoms. The van der Waals surface area contributed by atoms with Crippen LogP contribution in [0.15, 0.2) is 18.2 Å². The summed E-state index contributed by atoms with van der Waals surface area (Å²) in [5.74, 6) is -1.22. The standard InChI is InChI=1S/C13H14N2O6/c1-21-13(18)10-3-2-9(15(19)20)5-11(10)14-6-8(7-16)4-12(14)17/h2-3,5,8,16H,4,6-7H2,1H3. The lowest BCUT2D eigenvalue weighted by atomic mass is 10.1. The van der Waals surface area contributed by atoms with Crippen molar-refractivity contribution in [3.63, 3.8) is 0 Å². The molecule has 0 saturated carbocycles. The Morgan fingerprint density at radius 2 is 2.29 bits per heavy atom. The van der Waals surface area contributed by atoms with E-state index in [4.69, 9.17) is 5.11 Å². The molecule has 1 heterocycles. The van der Waals surface area contributed by atoms with Crippen LogP contribution >= 0.6 is 0 Å². The zero-order valence-electron chi connectivity index (χ0n) is 11.3. The van der Waals surface area contributed by atoms with Crippen molar-refractivity contribution in [3.05, 3.63) is 33.9 Å². The molecule has 1 aliphatic heterocycles. The Balaban J connectivity index is 2.48. The Kier molecular flexibility index (Phi) is 4.18. The van der Waals surface area contributed by atoms with E-state index in [1.54, 1.807) is 0 Å². The third-order valence-electron chi connectivity index (χ3n) is 3.35. The van der Waals surface area contributed by atoms with Gasteiger partial charge in [-0.15, -0.1) is 0 Å². The molecule has 1 aliphatic rings. The molecule has 0 aliphatic carbocycles. The van der Waals surface area contributed by atoms with Gasteiger partial charge < -0.3 is 14.7 Å². The summed E-state index contributed by atoms with van der Waals surface area (Å²) >= 11 is 0. The first-order valence-electron chi connectivity index (χ1n) is 6.26. The van der Waals surface area contributed by atoms with Gasteiger partial charge in [-0.05, 0) is 6.07 Å². The number of hydrogen-bond donors (Lipinski definition) is 1. The maximum atomic E-state index is 12.0. The minimum atomic E-state index is -0.680. The van der Waals surface area contributed by atoms with E-state index < -0.39 is 10.9 Å². The molecule has 0 aromatic heterocycles. The summed E-state index contributed by atoms with van der Waals surface area (Å²) in [5, 5.41) is 20.0. The van der Waals surface area contributed by atoms with Gasteiger partial charge in [0.15, 0.2) is 0 Å². The van der Waals surface area contributed by atoms with Gasteiger partial charge in [0.2, 0.25) is 5.91 Å². The second kappa shape index (κ2) is 5.88. The topological polar surface area (TPSA) is 110 Å². The number of carbonyl (C=O) groups is 2. The summed E-state index contributed by atoms with van der Waals surface area (Å²) in [6.45, 7) is 0.0468. The van der Waals surface area contributed by atoms with Gasteiger partial charge in [-0.3, -0.25) is 14.9 Å². The summed E-state index contributed by atoms with van der Waals surface area (Å²) in [6, 6.07) is 3.61. The van der Waals surface area contributed by atoms with Crippen LogP contribution in [0.2, 0.25) is 0 Å². The van der Waals surface area contributed by atoms with Gasteiger partial charge in [0.05, 0.1) is 23.3 Å². The maximum absolute atomic E-state index is 12.0. The molecule has 1 aromatic rings. The molecule has 1 atom stereocenters. The van der Waals surface area contributed by atoms with Crippen LogP contribution in [0.5, 0.6) is 0 Å². The number of amides is 1. The van der Waals surface area contributed by atoms with E-state index in [2.05, 4.69) is 4.74 Å². The van der Waals surface area contributed by atoms with Crippen molar-refractivity contribution in [2.45, 2.75) is 6.42 Å². The monoisotopic (exact) mass is 294 g/mol. The first-order valence-corrected chi connectivity index (χ1v) is 6.26. The summed E-state index contributed by atoms with van der Waals surface area (Å²) in [6.07, 6.45) is 0.139. The summed E-state index contributed by atoms with van der Waals surface area (Å²) < 4.78 is 4.63. The highest BCUT2D eigenvalue weighted by Crippen LogP contribution is 2.31. The van der Waals surface area contributed by atoms with Gasteiger partial charge in [0.25, 0.3) is 5.69 Å². The minimum Gasteiger partial charge on any atom is -0.465 e. The highest BCUT2D eigenvalue weighted by molar-refractivity contribution is 6.04. The lowest BCUT2D eigenvalue weighted by Crippen LogP contribution is -2.27. The fraction of sp³-hybridized carbons (Fsp3) is 0.385. The number of nitro groups is 1. The normalized spacial score (nSPS) is 17.9. The van der Waals surface area contributed by atoms with Gasteiger partial charge in [-0.2, -0.15) is 0 Å². The third-order valence-corrected chi connectivity index (χ3v) is 3.35. The number of rotatable bonds is 4. The maximum Gasteiger partial charge on any atom is 0.339 e. The summed E-state index contributed by atoms with van der Waals surface area (Å²) in [5.41, 5.74) is -0.00931. The number of benzene rings is 1. The predicted molar refractivity (Wildman–Crippen MR) is 72.0 cm³/mol. The molecule has 1 fully saturated rings. The number of esters is 1. The van der Waals surface area contributed by atoms with Crippen LogP contribution in [-0.2, 0) is 9.53 Å². The first kappa shape index (κ1) is 14.9. The fourth-order valence-electron chi connectivity index (χ4n) is 2.28. The number of nitro benzene ring substituents is 1. The fourth-order valence-corrected chi connectivity index (χ4v) is 2.28. The zero-order chi connectivity index (χ0) is 15.6. The number of carbonyl (C=O) groups excluding carboxylic acids is 2. The largest absolute Gasteiger partial charge is 0.465 e. The summed E-state index contributed by atoms with van der Waals surface area (Å²) in [7, 11) is 1.19. The van der Waals surface area contributed by atoms with Crippen LogP contribution < -0.4 is 4.90 Å². The first-order chi connectivity index (χ1) is 9.97. The molecule has 112 valence electrons. The average molecular weight is 294 g/mol. The number of methoxy groups -OCH3 is 1. The van der Waals surface area contributed by atoms with Gasteiger partial charge in [-0.1, -0.05) is 0 Å². The van der Waals surface area contributed by atoms with Crippen molar-refractivity contribution in [3.8, 4) is 0 Å². The molecular weight excluding hydrogens is 280 g/mol. The number of non-ortho nitro benzene ring substituents is 1. The van der Waals surface area contributed by atoms with Crippen LogP contribution in [0.4, 0.5) is 11.4 Å².